The van der Waals surface area contributed by atoms with E-state index in [-0.39, 0.29) is 12.8 Å². The molecule has 0 rings (SSSR count). The number of esters is 2. The van der Waals surface area contributed by atoms with E-state index in [4.69, 9.17) is 18.5 Å². The maximum Gasteiger partial charge on any atom is 0.472 e. The second kappa shape index (κ2) is 47.6. The molecule has 0 aromatic rings. The molecule has 0 saturated heterocycles. The van der Waals surface area contributed by atoms with Gasteiger partial charge in [0.05, 0.1) is 26.4 Å². The number of carbonyl (C=O) groups excluding carboxylic acids is 2. The van der Waals surface area contributed by atoms with E-state index in [0.717, 1.165) is 70.6 Å². The second-order valence-electron chi connectivity index (χ2n) is 17.9. The summed E-state index contributed by atoms with van der Waals surface area (Å²) in [6.07, 6.45) is 44.1. The Kier molecular flexibility index (Phi) is 46.4. The van der Waals surface area contributed by atoms with Crippen LogP contribution in [-0.2, 0) is 46.3 Å². The third-order valence-electron chi connectivity index (χ3n) is 11.1. The summed E-state index contributed by atoms with van der Waals surface area (Å²) in [7, 11) is -9.58. The van der Waals surface area contributed by atoms with E-state index in [1.54, 1.807) is 0 Å². The Bertz CT molecular complexity index is 1360. The zero-order valence-corrected chi connectivity index (χ0v) is 44.1. The summed E-state index contributed by atoms with van der Waals surface area (Å²) in [5, 5.41) is 30.1. The molecule has 0 aromatic carbocycles. The summed E-state index contributed by atoms with van der Waals surface area (Å²) < 4.78 is 53.1. The molecule has 0 aromatic heterocycles. The number of phosphoric ester groups is 2. The highest BCUT2D eigenvalue weighted by molar-refractivity contribution is 7.47. The minimum absolute atomic E-state index is 0.182. The summed E-state index contributed by atoms with van der Waals surface area (Å²) >= 11 is 0. The van der Waals surface area contributed by atoms with E-state index in [2.05, 4.69) is 59.4 Å². The Morgan fingerprint density at radius 1 is 0.382 bits per heavy atom. The number of phosphoric acid groups is 2. The van der Waals surface area contributed by atoms with Crippen molar-refractivity contribution in [2.45, 2.75) is 238 Å². The molecule has 0 heterocycles. The number of hydrogen-bond donors (Lipinski definition) is 5. The number of aliphatic hydroxyl groups is 3. The molecule has 0 bridgehead atoms. The minimum atomic E-state index is -4.79. The van der Waals surface area contributed by atoms with E-state index in [1.807, 2.05) is 0 Å². The first-order valence-corrected chi connectivity index (χ1v) is 29.3. The minimum Gasteiger partial charge on any atom is -0.463 e. The standard InChI is InChI=1S/C51H96O15P2/c1-3-5-7-9-11-13-15-17-19-21-22-24-26-28-30-32-34-36-38-40-51(56)62-42-48(53)44-64-68(59,60)66-46-49(54)45-65-67(57,58)63-43-47(52)41-61-50(55)39-37-35-33-31-29-27-25-23-20-18-16-14-12-10-8-6-4-2/h11,13,17,19,22,24,47-49,52-54H,3-10,12,14-16,18,20-21,23,25-46H2,1-2H3,(H,57,58)(H,59,60)/b13-11-,19-17-,24-22-. The molecule has 0 spiro atoms. The van der Waals surface area contributed by atoms with Crippen LogP contribution in [0.4, 0.5) is 0 Å². The van der Waals surface area contributed by atoms with Crippen LogP contribution in [0.2, 0.25) is 0 Å². The normalized spacial score (nSPS) is 15.2. The maximum absolute atomic E-state index is 12.2. The molecule has 5 unspecified atom stereocenters. The maximum atomic E-state index is 12.2. The van der Waals surface area contributed by atoms with Crippen molar-refractivity contribution in [2.24, 2.45) is 0 Å². The van der Waals surface area contributed by atoms with Crippen LogP contribution in [0.15, 0.2) is 36.5 Å². The molecule has 0 aliphatic rings. The average molecular weight is 1010 g/mol. The fraction of sp³-hybridized carbons (Fsp3) is 0.843. The van der Waals surface area contributed by atoms with E-state index in [1.165, 1.54) is 109 Å². The Hall–Kier alpha value is -1.74. The van der Waals surface area contributed by atoms with Crippen molar-refractivity contribution < 1.29 is 71.4 Å². The molecular formula is C51H96O15P2. The highest BCUT2D eigenvalue weighted by Crippen LogP contribution is 2.45. The van der Waals surface area contributed by atoms with Crippen LogP contribution in [0.3, 0.4) is 0 Å². The first-order valence-electron chi connectivity index (χ1n) is 26.3. The fourth-order valence-electron chi connectivity index (χ4n) is 6.99. The van der Waals surface area contributed by atoms with Gasteiger partial charge in [-0.25, -0.2) is 9.13 Å². The Labute approximate surface area is 411 Å². The van der Waals surface area contributed by atoms with Gasteiger partial charge in [0.2, 0.25) is 0 Å². The molecule has 0 radical (unpaired) electrons. The van der Waals surface area contributed by atoms with E-state index >= 15 is 0 Å². The lowest BCUT2D eigenvalue weighted by Crippen LogP contribution is -2.25. The van der Waals surface area contributed by atoms with Gasteiger partial charge < -0.3 is 34.6 Å². The van der Waals surface area contributed by atoms with Crippen molar-refractivity contribution in [3.63, 3.8) is 0 Å². The average Bonchev–Trinajstić information content (AvgIpc) is 3.31. The number of allylic oxidation sites excluding steroid dienone is 6. The third-order valence-corrected chi connectivity index (χ3v) is 13.0. The highest BCUT2D eigenvalue weighted by Gasteiger charge is 2.28. The number of unbranched alkanes of at least 4 members (excludes halogenated alkanes) is 25. The van der Waals surface area contributed by atoms with Crippen molar-refractivity contribution >= 4 is 27.6 Å². The summed E-state index contributed by atoms with van der Waals surface area (Å²) in [6, 6.07) is 0. The Morgan fingerprint density at radius 2 is 0.632 bits per heavy atom. The van der Waals surface area contributed by atoms with Gasteiger partial charge in [-0.05, 0) is 51.4 Å². The predicted octanol–water partition coefficient (Wildman–Crippen LogP) is 12.6. The lowest BCUT2D eigenvalue weighted by molar-refractivity contribution is -0.148. The topological polar surface area (TPSA) is 225 Å². The van der Waals surface area contributed by atoms with Gasteiger partial charge in [-0.2, -0.15) is 0 Å². The van der Waals surface area contributed by atoms with Crippen molar-refractivity contribution in [1.82, 2.24) is 0 Å². The summed E-state index contributed by atoms with van der Waals surface area (Å²) in [5.41, 5.74) is 0. The van der Waals surface area contributed by atoms with Gasteiger partial charge in [0.15, 0.2) is 0 Å². The van der Waals surface area contributed by atoms with Gasteiger partial charge in [0, 0.05) is 12.8 Å². The predicted molar refractivity (Wildman–Crippen MR) is 270 cm³/mol. The van der Waals surface area contributed by atoms with Gasteiger partial charge in [0.25, 0.3) is 0 Å². The summed E-state index contributed by atoms with van der Waals surface area (Å²) in [4.78, 5) is 43.9. The lowest BCUT2D eigenvalue weighted by atomic mass is 10.0. The summed E-state index contributed by atoms with van der Waals surface area (Å²) in [5.74, 6) is -1.00. The molecule has 15 nitrogen and oxygen atoms in total. The van der Waals surface area contributed by atoms with Crippen LogP contribution in [-0.4, -0.2) is 95.0 Å². The second-order valence-corrected chi connectivity index (χ2v) is 20.8. The Balaban J connectivity index is 3.85. The number of aliphatic hydroxyl groups excluding tert-OH is 3. The van der Waals surface area contributed by atoms with E-state index in [9.17, 15) is 43.8 Å². The van der Waals surface area contributed by atoms with Crippen LogP contribution >= 0.6 is 15.6 Å². The zero-order chi connectivity index (χ0) is 50.2. The van der Waals surface area contributed by atoms with Crippen molar-refractivity contribution in [3.05, 3.63) is 36.5 Å². The molecule has 0 aliphatic carbocycles. The molecule has 0 aliphatic heterocycles. The van der Waals surface area contributed by atoms with E-state index < -0.39 is 85.5 Å². The fourth-order valence-corrected chi connectivity index (χ4v) is 8.58. The smallest absolute Gasteiger partial charge is 0.463 e. The quantitative estimate of drug-likeness (QED) is 0.0165. The van der Waals surface area contributed by atoms with Crippen molar-refractivity contribution in [1.29, 1.82) is 0 Å². The monoisotopic (exact) mass is 1010 g/mol. The largest absolute Gasteiger partial charge is 0.472 e. The number of hydrogen-bond acceptors (Lipinski definition) is 13. The lowest BCUT2D eigenvalue weighted by Gasteiger charge is -2.19. The Morgan fingerprint density at radius 3 is 0.971 bits per heavy atom. The molecule has 0 saturated carbocycles. The van der Waals surface area contributed by atoms with Crippen LogP contribution < -0.4 is 0 Å². The molecular weight excluding hydrogens is 914 g/mol. The molecule has 400 valence electrons. The van der Waals surface area contributed by atoms with Crippen LogP contribution in [0.25, 0.3) is 0 Å². The van der Waals surface area contributed by atoms with Gasteiger partial charge >= 0.3 is 27.6 Å². The molecule has 5 atom stereocenters. The molecule has 17 heteroatoms. The molecule has 0 amide bonds. The van der Waals surface area contributed by atoms with Gasteiger partial charge in [-0.3, -0.25) is 27.7 Å². The van der Waals surface area contributed by atoms with Crippen molar-refractivity contribution in [3.8, 4) is 0 Å². The van der Waals surface area contributed by atoms with Gasteiger partial charge in [-0.1, -0.05) is 192 Å². The third kappa shape index (κ3) is 49.2. The zero-order valence-electron chi connectivity index (χ0n) is 42.3. The molecule has 5 N–H and O–H groups in total. The number of rotatable bonds is 51. The highest BCUT2D eigenvalue weighted by atomic mass is 31.2. The first kappa shape index (κ1) is 66.3. The molecule has 68 heavy (non-hydrogen) atoms. The van der Waals surface area contributed by atoms with Crippen LogP contribution in [0.1, 0.15) is 219 Å². The van der Waals surface area contributed by atoms with Gasteiger partial charge in [0.1, 0.15) is 31.5 Å². The first-order chi connectivity index (χ1) is 32.8. The SMILES string of the molecule is CCCCC/C=C\C/C=C\C/C=C\CCCCCCCCC(=O)OCC(O)COP(=O)(O)OCC(O)COP(=O)(O)OCC(O)COC(=O)CCCCCCCCCCCCCCCCCCC. The summed E-state index contributed by atoms with van der Waals surface area (Å²) in [6.45, 7) is 0.416. The number of ether oxygens (including phenoxy) is 2. The van der Waals surface area contributed by atoms with E-state index in [0.29, 0.717) is 12.8 Å². The van der Waals surface area contributed by atoms with Crippen molar-refractivity contribution in [2.75, 3.05) is 39.6 Å². The van der Waals surface area contributed by atoms with Gasteiger partial charge in [-0.15, -0.1) is 0 Å². The molecule has 0 fully saturated rings. The van der Waals surface area contributed by atoms with Crippen LogP contribution in [0, 0.1) is 0 Å². The number of carbonyl (C=O) groups is 2. The van der Waals surface area contributed by atoms with Crippen LogP contribution in [0.5, 0.6) is 0 Å².